The van der Waals surface area contributed by atoms with Crippen LogP contribution in [0.2, 0.25) is 0 Å². The van der Waals surface area contributed by atoms with E-state index in [9.17, 15) is 0 Å². The second-order valence-corrected chi connectivity index (χ2v) is 4.91. The summed E-state index contributed by atoms with van der Waals surface area (Å²) < 4.78 is 0. The Morgan fingerprint density at radius 2 is 2.06 bits per heavy atom. The third kappa shape index (κ3) is 2.85. The van der Waals surface area contributed by atoms with Gasteiger partial charge in [0.1, 0.15) is 5.82 Å². The number of nitrogens with one attached hydrogen (secondary N) is 1. The van der Waals surface area contributed by atoms with Crippen LogP contribution in [0.3, 0.4) is 0 Å². The molecule has 1 saturated carbocycles. The van der Waals surface area contributed by atoms with Crippen molar-refractivity contribution < 1.29 is 0 Å². The predicted molar refractivity (Wildman–Crippen MR) is 66.8 cm³/mol. The van der Waals surface area contributed by atoms with Crippen LogP contribution < -0.4 is 5.32 Å². The zero-order valence-corrected chi connectivity index (χ0v) is 10.2. The number of aromatic nitrogens is 2. The Hall–Kier alpha value is -0.830. The first kappa shape index (κ1) is 11.6. The average Bonchev–Trinajstić information content (AvgIpc) is 2.39. The molecule has 1 aromatic heterocycles. The van der Waals surface area contributed by atoms with Crippen LogP contribution >= 0.6 is 11.6 Å². The van der Waals surface area contributed by atoms with Crippen molar-refractivity contribution in [1.29, 1.82) is 0 Å². The van der Waals surface area contributed by atoms with Gasteiger partial charge in [0.2, 0.25) is 0 Å². The maximum Gasteiger partial charge on any atom is 0.144 e. The molecule has 0 spiro atoms. The summed E-state index contributed by atoms with van der Waals surface area (Å²) in [6.07, 6.45) is 11.5. The van der Waals surface area contributed by atoms with Crippen molar-refractivity contribution in [3.63, 3.8) is 0 Å². The second-order valence-electron chi connectivity index (χ2n) is 4.64. The molecule has 3 nitrogen and oxygen atoms in total. The van der Waals surface area contributed by atoms with Crippen molar-refractivity contribution >= 4 is 17.4 Å². The molecule has 0 atom stereocenters. The molecule has 0 radical (unpaired) electrons. The second kappa shape index (κ2) is 5.48. The van der Waals surface area contributed by atoms with Crippen molar-refractivity contribution in [2.75, 3.05) is 17.7 Å². The van der Waals surface area contributed by atoms with Gasteiger partial charge in [0, 0.05) is 30.2 Å². The molecule has 4 heteroatoms. The highest BCUT2D eigenvalue weighted by molar-refractivity contribution is 6.18. The summed E-state index contributed by atoms with van der Waals surface area (Å²) in [5.41, 5.74) is 0.261. The zero-order chi connectivity index (χ0) is 11.3. The number of nitrogens with zero attached hydrogens (tertiary/aromatic N) is 2. The van der Waals surface area contributed by atoms with Crippen LogP contribution in [-0.4, -0.2) is 22.4 Å². The van der Waals surface area contributed by atoms with E-state index in [1.165, 1.54) is 32.1 Å². The Morgan fingerprint density at radius 3 is 2.69 bits per heavy atom. The van der Waals surface area contributed by atoms with Crippen LogP contribution in [0.4, 0.5) is 5.82 Å². The molecule has 0 unspecified atom stereocenters. The fraction of sp³-hybridized carbons (Fsp3) is 0.667. The third-order valence-corrected chi connectivity index (χ3v) is 3.97. The highest BCUT2D eigenvalue weighted by Crippen LogP contribution is 2.37. The van der Waals surface area contributed by atoms with Gasteiger partial charge < -0.3 is 5.32 Å². The summed E-state index contributed by atoms with van der Waals surface area (Å²) in [6, 6.07) is 0. The van der Waals surface area contributed by atoms with Crippen molar-refractivity contribution in [1.82, 2.24) is 9.97 Å². The fourth-order valence-electron chi connectivity index (χ4n) is 2.33. The molecule has 2 rings (SSSR count). The SMILES string of the molecule is ClCC1(CNc2cnccn2)CCCCC1. The van der Waals surface area contributed by atoms with Gasteiger partial charge in [-0.05, 0) is 12.8 Å². The van der Waals surface area contributed by atoms with Gasteiger partial charge in [0.05, 0.1) is 6.20 Å². The maximum absolute atomic E-state index is 6.13. The molecule has 1 aromatic rings. The zero-order valence-electron chi connectivity index (χ0n) is 9.45. The Balaban J connectivity index is 1.92. The van der Waals surface area contributed by atoms with Crippen LogP contribution in [0.5, 0.6) is 0 Å². The third-order valence-electron chi connectivity index (χ3n) is 3.41. The molecule has 1 N–H and O–H groups in total. The van der Waals surface area contributed by atoms with Crippen LogP contribution in [0.1, 0.15) is 32.1 Å². The largest absolute Gasteiger partial charge is 0.368 e. The summed E-state index contributed by atoms with van der Waals surface area (Å²) in [7, 11) is 0. The monoisotopic (exact) mass is 239 g/mol. The molecule has 1 fully saturated rings. The molecule has 0 aromatic carbocycles. The van der Waals surface area contributed by atoms with E-state index in [0.717, 1.165) is 18.2 Å². The molecule has 1 aliphatic rings. The van der Waals surface area contributed by atoms with E-state index in [4.69, 9.17) is 11.6 Å². The van der Waals surface area contributed by atoms with Gasteiger partial charge in [0.25, 0.3) is 0 Å². The summed E-state index contributed by atoms with van der Waals surface area (Å²) in [5.74, 6) is 1.58. The molecular formula is C12H18ClN3. The van der Waals surface area contributed by atoms with Gasteiger partial charge in [0.15, 0.2) is 0 Å². The van der Waals surface area contributed by atoms with Gasteiger partial charge in [-0.15, -0.1) is 11.6 Å². The predicted octanol–water partition coefficient (Wildman–Crippen LogP) is 3.08. The number of hydrogen-bond acceptors (Lipinski definition) is 3. The van der Waals surface area contributed by atoms with Crippen molar-refractivity contribution in [2.24, 2.45) is 5.41 Å². The van der Waals surface area contributed by atoms with Crippen molar-refractivity contribution in [3.05, 3.63) is 18.6 Å². The average molecular weight is 240 g/mol. The molecule has 1 aliphatic carbocycles. The van der Waals surface area contributed by atoms with Crippen LogP contribution in [-0.2, 0) is 0 Å². The van der Waals surface area contributed by atoms with Crippen molar-refractivity contribution in [3.8, 4) is 0 Å². The maximum atomic E-state index is 6.13. The van der Waals surface area contributed by atoms with Gasteiger partial charge in [-0.2, -0.15) is 0 Å². The van der Waals surface area contributed by atoms with Gasteiger partial charge in [-0.1, -0.05) is 19.3 Å². The first-order valence-corrected chi connectivity index (χ1v) is 6.44. The van der Waals surface area contributed by atoms with Crippen LogP contribution in [0, 0.1) is 5.41 Å². The van der Waals surface area contributed by atoms with Crippen molar-refractivity contribution in [2.45, 2.75) is 32.1 Å². The van der Waals surface area contributed by atoms with Gasteiger partial charge >= 0.3 is 0 Å². The van der Waals surface area contributed by atoms with E-state index < -0.39 is 0 Å². The van der Waals surface area contributed by atoms with Crippen LogP contribution in [0.25, 0.3) is 0 Å². The minimum atomic E-state index is 0.261. The number of halogens is 1. The first-order valence-electron chi connectivity index (χ1n) is 5.91. The highest BCUT2D eigenvalue weighted by atomic mass is 35.5. The summed E-state index contributed by atoms with van der Waals surface area (Å²) in [6.45, 7) is 0.912. The van der Waals surface area contributed by atoms with Gasteiger partial charge in [-0.3, -0.25) is 4.98 Å². The topological polar surface area (TPSA) is 37.8 Å². The molecule has 0 aliphatic heterocycles. The molecule has 1 heterocycles. The van der Waals surface area contributed by atoms with E-state index >= 15 is 0 Å². The van der Waals surface area contributed by atoms with E-state index in [2.05, 4.69) is 15.3 Å². The van der Waals surface area contributed by atoms with Crippen LogP contribution in [0.15, 0.2) is 18.6 Å². The Morgan fingerprint density at radius 1 is 1.25 bits per heavy atom. The Kier molecular flexibility index (Phi) is 3.99. The van der Waals surface area contributed by atoms with E-state index in [1.54, 1.807) is 18.6 Å². The molecule has 88 valence electrons. The fourth-order valence-corrected chi connectivity index (χ4v) is 2.69. The summed E-state index contributed by atoms with van der Waals surface area (Å²) >= 11 is 6.13. The smallest absolute Gasteiger partial charge is 0.144 e. The normalized spacial score (nSPS) is 19.3. The molecule has 16 heavy (non-hydrogen) atoms. The molecule has 0 bridgehead atoms. The van der Waals surface area contributed by atoms with Gasteiger partial charge in [-0.25, -0.2) is 4.98 Å². The quantitative estimate of drug-likeness (QED) is 0.821. The lowest BCUT2D eigenvalue weighted by atomic mass is 9.75. The van der Waals surface area contributed by atoms with E-state index in [-0.39, 0.29) is 5.41 Å². The standard InChI is InChI=1S/C12H18ClN3/c13-9-12(4-2-1-3-5-12)10-16-11-8-14-6-7-15-11/h6-8H,1-5,9-10H2,(H,15,16). The number of rotatable bonds is 4. The highest BCUT2D eigenvalue weighted by Gasteiger charge is 2.30. The summed E-state index contributed by atoms with van der Waals surface area (Å²) in [4.78, 5) is 8.25. The van der Waals surface area contributed by atoms with E-state index in [0.29, 0.717) is 0 Å². The number of anilines is 1. The molecule has 0 amide bonds. The number of hydrogen-bond donors (Lipinski definition) is 1. The lowest BCUT2D eigenvalue weighted by Crippen LogP contribution is -2.34. The van der Waals surface area contributed by atoms with E-state index in [1.807, 2.05) is 0 Å². The minimum Gasteiger partial charge on any atom is -0.368 e. The Labute approximate surface area is 102 Å². The lowest BCUT2D eigenvalue weighted by molar-refractivity contribution is 0.238. The Bertz CT molecular complexity index is 309. The molecular weight excluding hydrogens is 222 g/mol. The summed E-state index contributed by atoms with van der Waals surface area (Å²) in [5, 5.41) is 3.35. The minimum absolute atomic E-state index is 0.261. The number of alkyl halides is 1. The first-order chi connectivity index (χ1) is 7.85. The molecule has 0 saturated heterocycles. The lowest BCUT2D eigenvalue weighted by Gasteiger charge is -2.35.